The van der Waals surface area contributed by atoms with Gasteiger partial charge in [-0.15, -0.1) is 0 Å². The number of benzene rings is 1. The molecule has 0 bridgehead atoms. The van der Waals surface area contributed by atoms with Crippen LogP contribution >= 0.6 is 0 Å². The molecule has 1 aromatic carbocycles. The fourth-order valence-corrected chi connectivity index (χ4v) is 5.09. The summed E-state index contributed by atoms with van der Waals surface area (Å²) >= 11 is 0. The predicted molar refractivity (Wildman–Crippen MR) is 143 cm³/mol. The molecule has 1 aliphatic rings. The Balaban J connectivity index is 1.25. The third-order valence-corrected chi connectivity index (χ3v) is 7.01. The summed E-state index contributed by atoms with van der Waals surface area (Å²) in [4.78, 5) is 22.0. The number of halogens is 1. The van der Waals surface area contributed by atoms with E-state index in [2.05, 4.69) is 25.1 Å². The summed E-state index contributed by atoms with van der Waals surface area (Å²) < 4.78 is 19.7. The highest BCUT2D eigenvalue weighted by atomic mass is 19.1. The topological polar surface area (TPSA) is 105 Å². The maximum atomic E-state index is 13.5. The molecule has 1 aliphatic carbocycles. The molecule has 5 heterocycles. The Hall–Kier alpha value is -4.66. The van der Waals surface area contributed by atoms with Crippen molar-refractivity contribution in [3.8, 4) is 39.8 Å². The maximum Gasteiger partial charge on any atom is 0.161 e. The van der Waals surface area contributed by atoms with E-state index in [1.165, 1.54) is 31.4 Å². The zero-order chi connectivity index (χ0) is 25.5. The number of pyridine rings is 3. The molecule has 1 fully saturated rings. The monoisotopic (exact) mass is 505 g/mol. The molecule has 5 aromatic heterocycles. The summed E-state index contributed by atoms with van der Waals surface area (Å²) in [6, 6.07) is 14.0. The predicted octanol–water partition coefficient (Wildman–Crippen LogP) is 6.48. The van der Waals surface area contributed by atoms with Gasteiger partial charge in [-0.3, -0.25) is 15.1 Å². The van der Waals surface area contributed by atoms with Crippen LogP contribution in [0.1, 0.15) is 32.1 Å². The van der Waals surface area contributed by atoms with Crippen LogP contribution in [0.15, 0.2) is 67.1 Å². The molecule has 0 unspecified atom stereocenters. The lowest BCUT2D eigenvalue weighted by molar-refractivity contribution is 0.154. The Labute approximate surface area is 217 Å². The molecule has 0 saturated heterocycles. The SMILES string of the molecule is Fc1ccc(-c2nccc3[nH]c(-c4n[nH]c5ccc(-c6cncc(OC7CCCCC7)c6)nc45)nc23)cc1. The lowest BCUT2D eigenvalue weighted by Crippen LogP contribution is -2.19. The highest BCUT2D eigenvalue weighted by molar-refractivity contribution is 5.95. The highest BCUT2D eigenvalue weighted by Gasteiger charge is 2.18. The van der Waals surface area contributed by atoms with Crippen molar-refractivity contribution in [2.45, 2.75) is 38.2 Å². The number of imidazole rings is 1. The molecule has 0 atom stereocenters. The number of H-pyrrole nitrogens is 2. The van der Waals surface area contributed by atoms with Gasteiger partial charge in [-0.25, -0.2) is 14.4 Å². The normalized spacial score (nSPS) is 14.3. The molecule has 9 heteroatoms. The van der Waals surface area contributed by atoms with Crippen LogP contribution in [-0.4, -0.2) is 41.2 Å². The Bertz CT molecular complexity index is 1750. The smallest absolute Gasteiger partial charge is 0.161 e. The lowest BCUT2D eigenvalue weighted by Gasteiger charge is -2.22. The van der Waals surface area contributed by atoms with Crippen LogP contribution in [0.3, 0.4) is 0 Å². The number of nitrogens with zero attached hydrogens (tertiary/aromatic N) is 5. The van der Waals surface area contributed by atoms with Crippen LogP contribution in [0, 0.1) is 5.82 Å². The molecule has 0 amide bonds. The average Bonchev–Trinajstić information content (AvgIpc) is 3.58. The second-order valence-corrected chi connectivity index (χ2v) is 9.60. The van der Waals surface area contributed by atoms with Crippen LogP contribution in [0.2, 0.25) is 0 Å². The van der Waals surface area contributed by atoms with Crippen molar-refractivity contribution in [2.24, 2.45) is 0 Å². The molecule has 0 spiro atoms. The summed E-state index contributed by atoms with van der Waals surface area (Å²) in [5, 5.41) is 7.57. The van der Waals surface area contributed by atoms with Gasteiger partial charge in [-0.1, -0.05) is 6.42 Å². The first kappa shape index (κ1) is 22.5. The van der Waals surface area contributed by atoms with E-state index in [1.54, 1.807) is 30.7 Å². The van der Waals surface area contributed by atoms with Crippen LogP contribution in [0.5, 0.6) is 5.75 Å². The van der Waals surface area contributed by atoms with E-state index < -0.39 is 0 Å². The summed E-state index contributed by atoms with van der Waals surface area (Å²) in [6.45, 7) is 0. The first-order chi connectivity index (χ1) is 18.7. The lowest BCUT2D eigenvalue weighted by atomic mass is 9.98. The van der Waals surface area contributed by atoms with E-state index in [4.69, 9.17) is 14.7 Å². The van der Waals surface area contributed by atoms with Gasteiger partial charge in [-0.05, 0) is 74.2 Å². The quantitative estimate of drug-likeness (QED) is 0.278. The van der Waals surface area contributed by atoms with E-state index in [0.29, 0.717) is 28.2 Å². The molecule has 1 saturated carbocycles. The second-order valence-electron chi connectivity index (χ2n) is 9.60. The minimum absolute atomic E-state index is 0.249. The molecule has 6 aromatic rings. The fourth-order valence-electron chi connectivity index (χ4n) is 5.09. The summed E-state index contributed by atoms with van der Waals surface area (Å²) in [5.74, 6) is 1.04. The molecule has 0 radical (unpaired) electrons. The van der Waals surface area contributed by atoms with Gasteiger partial charge in [0.15, 0.2) is 11.5 Å². The summed E-state index contributed by atoms with van der Waals surface area (Å²) in [5.41, 5.74) is 6.66. The number of hydrogen-bond donors (Lipinski definition) is 2. The van der Waals surface area contributed by atoms with Crippen molar-refractivity contribution in [1.29, 1.82) is 0 Å². The van der Waals surface area contributed by atoms with Crippen LogP contribution < -0.4 is 4.74 Å². The zero-order valence-corrected chi connectivity index (χ0v) is 20.5. The maximum absolute atomic E-state index is 13.5. The zero-order valence-electron chi connectivity index (χ0n) is 20.5. The molecular weight excluding hydrogens is 481 g/mol. The van der Waals surface area contributed by atoms with Gasteiger partial charge in [-0.2, -0.15) is 5.10 Å². The molecule has 8 nitrogen and oxygen atoms in total. The Morgan fingerprint density at radius 3 is 2.53 bits per heavy atom. The fraction of sp³-hybridized carbons (Fsp3) is 0.207. The van der Waals surface area contributed by atoms with Gasteiger partial charge >= 0.3 is 0 Å². The van der Waals surface area contributed by atoms with E-state index in [9.17, 15) is 4.39 Å². The molecule has 2 N–H and O–H groups in total. The molecular formula is C29H24FN7O. The summed E-state index contributed by atoms with van der Waals surface area (Å²) in [6.07, 6.45) is 11.4. The summed E-state index contributed by atoms with van der Waals surface area (Å²) in [7, 11) is 0. The minimum Gasteiger partial charge on any atom is -0.489 e. The van der Waals surface area contributed by atoms with Gasteiger partial charge in [0.05, 0.1) is 34.7 Å². The second kappa shape index (κ2) is 9.33. The standard InChI is InChI=1S/C29H24FN7O/c30-19-8-6-17(7-9-19)25-26-23(12-13-32-25)34-29(35-26)28-27-24(36-37-28)11-10-22(33-27)18-14-21(16-31-15-18)38-20-4-2-1-3-5-20/h6-16,20H,1-5H2,(H,34,35)(H,36,37). The number of ether oxygens (including phenoxy) is 1. The van der Waals surface area contributed by atoms with Crippen LogP contribution in [-0.2, 0) is 0 Å². The van der Waals surface area contributed by atoms with Gasteiger partial charge in [0.25, 0.3) is 0 Å². The molecule has 38 heavy (non-hydrogen) atoms. The largest absolute Gasteiger partial charge is 0.489 e. The first-order valence-electron chi connectivity index (χ1n) is 12.8. The minimum atomic E-state index is -0.296. The number of hydrogen-bond acceptors (Lipinski definition) is 6. The van der Waals surface area contributed by atoms with Crippen molar-refractivity contribution in [1.82, 2.24) is 35.1 Å². The first-order valence-corrected chi connectivity index (χ1v) is 12.8. The molecule has 0 aliphatic heterocycles. The number of nitrogens with one attached hydrogen (secondary N) is 2. The highest BCUT2D eigenvalue weighted by Crippen LogP contribution is 2.32. The Kier molecular flexibility index (Phi) is 5.53. The van der Waals surface area contributed by atoms with E-state index >= 15 is 0 Å². The van der Waals surface area contributed by atoms with Crippen molar-refractivity contribution in [3.05, 3.63) is 72.9 Å². The average molecular weight is 506 g/mol. The van der Waals surface area contributed by atoms with E-state index in [0.717, 1.165) is 46.4 Å². The van der Waals surface area contributed by atoms with Crippen LogP contribution in [0.4, 0.5) is 4.39 Å². The Morgan fingerprint density at radius 2 is 1.66 bits per heavy atom. The van der Waals surface area contributed by atoms with Crippen LogP contribution in [0.25, 0.3) is 56.1 Å². The van der Waals surface area contributed by atoms with Crippen molar-refractivity contribution >= 4 is 22.1 Å². The number of aromatic nitrogens is 7. The Morgan fingerprint density at radius 1 is 0.816 bits per heavy atom. The molecule has 7 rings (SSSR count). The number of rotatable bonds is 5. The van der Waals surface area contributed by atoms with E-state index in [-0.39, 0.29) is 11.9 Å². The number of fused-ring (bicyclic) bond motifs is 2. The van der Waals surface area contributed by atoms with Gasteiger partial charge in [0.2, 0.25) is 0 Å². The van der Waals surface area contributed by atoms with Crippen molar-refractivity contribution in [2.75, 3.05) is 0 Å². The third kappa shape index (κ3) is 4.15. The van der Waals surface area contributed by atoms with E-state index in [1.807, 2.05) is 24.3 Å². The third-order valence-electron chi connectivity index (χ3n) is 7.01. The van der Waals surface area contributed by atoms with Crippen molar-refractivity contribution < 1.29 is 9.13 Å². The number of aromatic amines is 2. The van der Waals surface area contributed by atoms with Crippen molar-refractivity contribution in [3.63, 3.8) is 0 Å². The molecule has 188 valence electrons. The van der Waals surface area contributed by atoms with Gasteiger partial charge < -0.3 is 9.72 Å². The van der Waals surface area contributed by atoms with Gasteiger partial charge in [0, 0.05) is 23.5 Å². The van der Waals surface area contributed by atoms with Gasteiger partial charge in [0.1, 0.15) is 22.6 Å².